The fourth-order valence-electron chi connectivity index (χ4n) is 1.69. The van der Waals surface area contributed by atoms with Crippen LogP contribution in [0.15, 0.2) is 0 Å². The third-order valence-corrected chi connectivity index (χ3v) is 3.79. The molecule has 0 amide bonds. The summed E-state index contributed by atoms with van der Waals surface area (Å²) in [5.74, 6) is 0. The molecule has 92 valence electrons. The number of thiazole rings is 1. The van der Waals surface area contributed by atoms with Crippen LogP contribution in [0.3, 0.4) is 0 Å². The molecule has 0 aromatic carbocycles. The Balaban J connectivity index is 2.54. The van der Waals surface area contributed by atoms with Gasteiger partial charge >= 0.3 is 0 Å². The quantitative estimate of drug-likeness (QED) is 0.859. The summed E-state index contributed by atoms with van der Waals surface area (Å²) in [6, 6.07) is 0. The van der Waals surface area contributed by atoms with E-state index in [1.165, 1.54) is 9.88 Å². The predicted molar refractivity (Wildman–Crippen MR) is 70.8 cm³/mol. The van der Waals surface area contributed by atoms with Crippen LogP contribution in [0.25, 0.3) is 0 Å². The minimum Gasteiger partial charge on any atom is -0.330 e. The first-order valence-corrected chi connectivity index (χ1v) is 6.47. The van der Waals surface area contributed by atoms with Gasteiger partial charge < -0.3 is 5.73 Å². The summed E-state index contributed by atoms with van der Waals surface area (Å²) in [4.78, 5) is 8.17. The van der Waals surface area contributed by atoms with Crippen LogP contribution in [0.1, 0.15) is 29.4 Å². The van der Waals surface area contributed by atoms with Crippen LogP contribution in [0.5, 0.6) is 0 Å². The van der Waals surface area contributed by atoms with Crippen molar-refractivity contribution in [3.8, 4) is 0 Å². The molecule has 1 rings (SSSR count). The molecule has 0 aliphatic heterocycles. The fourth-order valence-corrected chi connectivity index (χ4v) is 2.70. The first kappa shape index (κ1) is 13.6. The van der Waals surface area contributed by atoms with Gasteiger partial charge in [-0.25, -0.2) is 4.98 Å². The molecule has 3 nitrogen and oxygen atoms in total. The Bertz CT molecular complexity index is 325. The van der Waals surface area contributed by atoms with E-state index in [-0.39, 0.29) is 5.41 Å². The van der Waals surface area contributed by atoms with Gasteiger partial charge in [-0.3, -0.25) is 4.90 Å². The zero-order chi connectivity index (χ0) is 12.3. The van der Waals surface area contributed by atoms with Crippen LogP contribution in [-0.4, -0.2) is 30.0 Å². The lowest BCUT2D eigenvalue weighted by Gasteiger charge is -2.28. The van der Waals surface area contributed by atoms with Gasteiger partial charge in [-0.2, -0.15) is 0 Å². The molecule has 0 aliphatic rings. The normalized spacial score (nSPS) is 12.4. The Hall–Kier alpha value is -0.450. The third-order valence-electron chi connectivity index (χ3n) is 2.73. The number of aryl methyl sites for hydroxylation is 2. The van der Waals surface area contributed by atoms with Crippen LogP contribution >= 0.6 is 11.3 Å². The van der Waals surface area contributed by atoms with E-state index in [1.807, 2.05) is 0 Å². The van der Waals surface area contributed by atoms with Crippen LogP contribution in [-0.2, 0) is 6.54 Å². The maximum Gasteiger partial charge on any atom is 0.107 e. The minimum absolute atomic E-state index is 0.177. The smallest absolute Gasteiger partial charge is 0.107 e. The Morgan fingerprint density at radius 1 is 1.38 bits per heavy atom. The molecular formula is C12H23N3S. The lowest BCUT2D eigenvalue weighted by molar-refractivity contribution is 0.209. The second kappa shape index (κ2) is 5.25. The van der Waals surface area contributed by atoms with Crippen molar-refractivity contribution in [3.05, 3.63) is 15.6 Å². The molecule has 1 heterocycles. The highest BCUT2D eigenvalue weighted by Gasteiger charge is 2.18. The summed E-state index contributed by atoms with van der Waals surface area (Å²) in [6.45, 7) is 11.2. The molecule has 0 bridgehead atoms. The molecule has 1 aromatic rings. The molecule has 0 saturated heterocycles. The molecular weight excluding hydrogens is 218 g/mol. The summed E-state index contributed by atoms with van der Waals surface area (Å²) in [5.41, 5.74) is 7.07. The number of aromatic nitrogens is 1. The zero-order valence-corrected chi connectivity index (χ0v) is 11.8. The maximum absolute atomic E-state index is 5.74. The standard InChI is InChI=1S/C12H23N3S/c1-9-10(2)16-11(14-9)6-15(5)8-12(3,4)7-13/h6-8,13H2,1-5H3. The minimum atomic E-state index is 0.177. The van der Waals surface area contributed by atoms with Crippen molar-refractivity contribution in [1.82, 2.24) is 9.88 Å². The van der Waals surface area contributed by atoms with Gasteiger partial charge in [0.1, 0.15) is 5.01 Å². The fraction of sp³-hybridized carbons (Fsp3) is 0.750. The molecule has 0 saturated carbocycles. The summed E-state index contributed by atoms with van der Waals surface area (Å²) in [6.07, 6.45) is 0. The number of nitrogens with two attached hydrogens (primary N) is 1. The van der Waals surface area contributed by atoms with E-state index in [4.69, 9.17) is 5.73 Å². The first-order chi connectivity index (χ1) is 7.34. The number of rotatable bonds is 5. The molecule has 0 spiro atoms. The van der Waals surface area contributed by atoms with Crippen molar-refractivity contribution in [1.29, 1.82) is 0 Å². The molecule has 0 radical (unpaired) electrons. The van der Waals surface area contributed by atoms with Crippen molar-refractivity contribution in [2.24, 2.45) is 11.1 Å². The Labute approximate surface area is 103 Å². The SMILES string of the molecule is Cc1nc(CN(C)CC(C)(C)CN)sc1C. The average molecular weight is 241 g/mol. The largest absolute Gasteiger partial charge is 0.330 e. The molecule has 4 heteroatoms. The van der Waals surface area contributed by atoms with Crippen molar-refractivity contribution >= 4 is 11.3 Å². The molecule has 1 aromatic heterocycles. The zero-order valence-electron chi connectivity index (χ0n) is 11.0. The van der Waals surface area contributed by atoms with E-state index < -0.39 is 0 Å². The van der Waals surface area contributed by atoms with Gasteiger partial charge in [-0.05, 0) is 32.9 Å². The summed E-state index contributed by atoms with van der Waals surface area (Å²) in [5, 5.41) is 1.20. The highest BCUT2D eigenvalue weighted by Crippen LogP contribution is 2.20. The van der Waals surface area contributed by atoms with Gasteiger partial charge in [0.05, 0.1) is 12.2 Å². The third kappa shape index (κ3) is 3.85. The number of hydrogen-bond donors (Lipinski definition) is 1. The van der Waals surface area contributed by atoms with Crippen LogP contribution in [0.2, 0.25) is 0 Å². The van der Waals surface area contributed by atoms with Crippen molar-refractivity contribution in [3.63, 3.8) is 0 Å². The van der Waals surface area contributed by atoms with Crippen molar-refractivity contribution in [2.75, 3.05) is 20.1 Å². The van der Waals surface area contributed by atoms with Crippen LogP contribution < -0.4 is 5.73 Å². The Morgan fingerprint density at radius 2 is 2.00 bits per heavy atom. The van der Waals surface area contributed by atoms with Crippen molar-refractivity contribution < 1.29 is 0 Å². The lowest BCUT2D eigenvalue weighted by Crippen LogP contribution is -2.36. The average Bonchev–Trinajstić information content (AvgIpc) is 2.44. The van der Waals surface area contributed by atoms with Gasteiger partial charge in [-0.15, -0.1) is 11.3 Å². The molecule has 0 atom stereocenters. The molecule has 2 N–H and O–H groups in total. The van der Waals surface area contributed by atoms with Gasteiger partial charge in [0.2, 0.25) is 0 Å². The molecule has 16 heavy (non-hydrogen) atoms. The second-order valence-electron chi connectivity index (χ2n) is 5.29. The van der Waals surface area contributed by atoms with E-state index in [2.05, 4.69) is 44.6 Å². The number of hydrogen-bond acceptors (Lipinski definition) is 4. The van der Waals surface area contributed by atoms with E-state index in [9.17, 15) is 0 Å². The second-order valence-corrected chi connectivity index (χ2v) is 6.58. The topological polar surface area (TPSA) is 42.2 Å². The summed E-state index contributed by atoms with van der Waals surface area (Å²) >= 11 is 1.79. The van der Waals surface area contributed by atoms with Gasteiger partial charge in [0.15, 0.2) is 0 Å². The van der Waals surface area contributed by atoms with Gasteiger partial charge in [0, 0.05) is 11.4 Å². The molecule has 0 aliphatic carbocycles. The summed E-state index contributed by atoms with van der Waals surface area (Å²) < 4.78 is 0. The van der Waals surface area contributed by atoms with Crippen molar-refractivity contribution in [2.45, 2.75) is 34.2 Å². The van der Waals surface area contributed by atoms with Crippen LogP contribution in [0.4, 0.5) is 0 Å². The maximum atomic E-state index is 5.74. The number of nitrogens with zero attached hydrogens (tertiary/aromatic N) is 2. The van der Waals surface area contributed by atoms with Gasteiger partial charge in [0.25, 0.3) is 0 Å². The van der Waals surface area contributed by atoms with E-state index in [0.29, 0.717) is 6.54 Å². The van der Waals surface area contributed by atoms with E-state index in [0.717, 1.165) is 18.8 Å². The first-order valence-electron chi connectivity index (χ1n) is 5.65. The predicted octanol–water partition coefficient (Wildman–Crippen LogP) is 2.18. The van der Waals surface area contributed by atoms with E-state index in [1.54, 1.807) is 11.3 Å². The highest BCUT2D eigenvalue weighted by atomic mass is 32.1. The Morgan fingerprint density at radius 3 is 2.44 bits per heavy atom. The summed E-state index contributed by atoms with van der Waals surface area (Å²) in [7, 11) is 2.13. The lowest BCUT2D eigenvalue weighted by atomic mass is 9.93. The van der Waals surface area contributed by atoms with E-state index >= 15 is 0 Å². The molecule has 0 fully saturated rings. The molecule has 0 unspecified atom stereocenters. The monoisotopic (exact) mass is 241 g/mol. The Kier molecular flexibility index (Phi) is 4.47. The van der Waals surface area contributed by atoms with Crippen LogP contribution in [0, 0.1) is 19.3 Å². The highest BCUT2D eigenvalue weighted by molar-refractivity contribution is 7.11. The van der Waals surface area contributed by atoms with Gasteiger partial charge in [-0.1, -0.05) is 13.8 Å².